The predicted octanol–water partition coefficient (Wildman–Crippen LogP) is 3.37. The van der Waals surface area contributed by atoms with Gasteiger partial charge in [-0.05, 0) is 34.5 Å². The molecule has 0 aliphatic heterocycles. The Morgan fingerprint density at radius 1 is 1.24 bits per heavy atom. The Hall–Kier alpha value is -1.69. The van der Waals surface area contributed by atoms with E-state index in [-0.39, 0.29) is 0 Å². The number of halogens is 1. The van der Waals surface area contributed by atoms with Crippen molar-refractivity contribution in [3.8, 4) is 11.5 Å². The number of rotatable bonds is 6. The monoisotopic (exact) mass is 353 g/mol. The number of methoxy groups -OCH3 is 2. The van der Waals surface area contributed by atoms with Crippen molar-refractivity contribution < 1.29 is 9.47 Å². The van der Waals surface area contributed by atoms with Crippen molar-refractivity contribution in [3.05, 3.63) is 34.1 Å². The van der Waals surface area contributed by atoms with E-state index in [1.165, 1.54) is 0 Å². The molecule has 0 unspecified atom stereocenters. The Balaban J connectivity index is 2.15. The molecule has 0 aliphatic rings. The van der Waals surface area contributed by atoms with Crippen molar-refractivity contribution in [2.45, 2.75) is 19.9 Å². The molecule has 0 bridgehead atoms. The number of nitrogens with zero attached hydrogens (tertiary/aromatic N) is 2. The smallest absolute Gasteiger partial charge is 0.162 e. The van der Waals surface area contributed by atoms with E-state index in [0.717, 1.165) is 33.7 Å². The zero-order valence-corrected chi connectivity index (χ0v) is 14.3. The molecule has 114 valence electrons. The first kappa shape index (κ1) is 15.7. The average Bonchev–Trinajstić information content (AvgIpc) is 2.78. The van der Waals surface area contributed by atoms with Crippen LogP contribution in [-0.2, 0) is 20.0 Å². The maximum absolute atomic E-state index is 5.31. The summed E-state index contributed by atoms with van der Waals surface area (Å²) in [5.41, 5.74) is 3.15. The van der Waals surface area contributed by atoms with E-state index < -0.39 is 0 Å². The fraction of sp³-hybridized carbons (Fsp3) is 0.400. The maximum Gasteiger partial charge on any atom is 0.162 e. The molecule has 2 aromatic rings. The highest BCUT2D eigenvalue weighted by molar-refractivity contribution is 9.10. The van der Waals surface area contributed by atoms with Crippen LogP contribution < -0.4 is 14.8 Å². The van der Waals surface area contributed by atoms with Gasteiger partial charge in [0.15, 0.2) is 11.5 Å². The highest BCUT2D eigenvalue weighted by Gasteiger charge is 2.12. The van der Waals surface area contributed by atoms with E-state index in [2.05, 4.69) is 33.3 Å². The van der Waals surface area contributed by atoms with Crippen molar-refractivity contribution in [3.63, 3.8) is 0 Å². The van der Waals surface area contributed by atoms with Gasteiger partial charge in [-0.2, -0.15) is 5.10 Å². The van der Waals surface area contributed by atoms with E-state index in [4.69, 9.17) is 9.47 Å². The first-order valence-corrected chi connectivity index (χ1v) is 7.56. The lowest BCUT2D eigenvalue weighted by molar-refractivity contribution is 0.355. The van der Waals surface area contributed by atoms with E-state index in [9.17, 15) is 0 Å². The average molecular weight is 354 g/mol. The number of ether oxygens (including phenoxy) is 2. The van der Waals surface area contributed by atoms with Gasteiger partial charge in [0.25, 0.3) is 0 Å². The summed E-state index contributed by atoms with van der Waals surface area (Å²) >= 11 is 3.62. The number of aromatic nitrogens is 2. The molecule has 0 spiro atoms. The standard InChI is InChI=1S/C15H20BrN3O2/c1-5-11-15(16)12(19(2)18-11)9-17-10-6-7-13(20-3)14(8-10)21-4/h6-8,17H,5,9H2,1-4H3. The van der Waals surface area contributed by atoms with Crippen LogP contribution in [0.25, 0.3) is 0 Å². The van der Waals surface area contributed by atoms with Gasteiger partial charge in [-0.25, -0.2) is 0 Å². The maximum atomic E-state index is 5.31. The highest BCUT2D eigenvalue weighted by Crippen LogP contribution is 2.30. The lowest BCUT2D eigenvalue weighted by Crippen LogP contribution is -2.06. The first-order chi connectivity index (χ1) is 10.1. The SMILES string of the molecule is CCc1nn(C)c(CNc2ccc(OC)c(OC)c2)c1Br. The van der Waals surface area contributed by atoms with E-state index in [1.807, 2.05) is 29.9 Å². The first-order valence-electron chi connectivity index (χ1n) is 6.76. The van der Waals surface area contributed by atoms with Crippen molar-refractivity contribution >= 4 is 21.6 Å². The highest BCUT2D eigenvalue weighted by atomic mass is 79.9. The fourth-order valence-corrected chi connectivity index (χ4v) is 2.90. The van der Waals surface area contributed by atoms with Crippen LogP contribution in [-0.4, -0.2) is 24.0 Å². The molecule has 0 saturated carbocycles. The van der Waals surface area contributed by atoms with Crippen molar-refractivity contribution in [1.29, 1.82) is 0 Å². The Kier molecular flexibility index (Phi) is 5.12. The Bertz CT molecular complexity index is 626. The Labute approximate surface area is 133 Å². The van der Waals surface area contributed by atoms with Crippen LogP contribution in [0.1, 0.15) is 18.3 Å². The minimum Gasteiger partial charge on any atom is -0.493 e. The summed E-state index contributed by atoms with van der Waals surface area (Å²) in [6.45, 7) is 2.78. The van der Waals surface area contributed by atoms with E-state index in [1.54, 1.807) is 14.2 Å². The third-order valence-corrected chi connectivity index (χ3v) is 4.26. The largest absolute Gasteiger partial charge is 0.493 e. The van der Waals surface area contributed by atoms with Crippen LogP contribution in [0.15, 0.2) is 22.7 Å². The van der Waals surface area contributed by atoms with Gasteiger partial charge in [-0.15, -0.1) is 0 Å². The number of aryl methyl sites for hydroxylation is 2. The number of hydrogen-bond acceptors (Lipinski definition) is 4. The third-order valence-electron chi connectivity index (χ3n) is 3.35. The zero-order valence-electron chi connectivity index (χ0n) is 12.7. The second kappa shape index (κ2) is 6.85. The molecule has 0 amide bonds. The quantitative estimate of drug-likeness (QED) is 0.864. The Morgan fingerprint density at radius 2 is 1.95 bits per heavy atom. The summed E-state index contributed by atoms with van der Waals surface area (Å²) in [6, 6.07) is 5.77. The molecule has 0 fully saturated rings. The Morgan fingerprint density at radius 3 is 2.52 bits per heavy atom. The van der Waals surface area contributed by atoms with E-state index in [0.29, 0.717) is 12.3 Å². The summed E-state index contributed by atoms with van der Waals surface area (Å²) in [5.74, 6) is 1.43. The second-order valence-electron chi connectivity index (χ2n) is 4.61. The lowest BCUT2D eigenvalue weighted by atomic mass is 10.2. The molecule has 1 N–H and O–H groups in total. The zero-order chi connectivity index (χ0) is 15.4. The molecular weight excluding hydrogens is 334 g/mol. The van der Waals surface area contributed by atoms with Crippen molar-refractivity contribution in [1.82, 2.24) is 9.78 Å². The normalized spacial score (nSPS) is 10.5. The van der Waals surface area contributed by atoms with Gasteiger partial charge in [0, 0.05) is 18.8 Å². The van der Waals surface area contributed by atoms with Crippen LogP contribution in [0.2, 0.25) is 0 Å². The van der Waals surface area contributed by atoms with Crippen molar-refractivity contribution in [2.75, 3.05) is 19.5 Å². The molecule has 0 saturated heterocycles. The van der Waals surface area contributed by atoms with E-state index >= 15 is 0 Å². The summed E-state index contributed by atoms with van der Waals surface area (Å²) in [7, 11) is 5.21. The van der Waals surface area contributed by atoms with Crippen LogP contribution in [0.5, 0.6) is 11.5 Å². The molecule has 0 aliphatic carbocycles. The van der Waals surface area contributed by atoms with Gasteiger partial charge in [-0.1, -0.05) is 6.92 Å². The number of benzene rings is 1. The number of hydrogen-bond donors (Lipinski definition) is 1. The van der Waals surface area contributed by atoms with Crippen LogP contribution in [0.4, 0.5) is 5.69 Å². The summed E-state index contributed by atoms with van der Waals surface area (Å²) < 4.78 is 13.5. The molecule has 0 atom stereocenters. The molecule has 2 rings (SSSR count). The van der Waals surface area contributed by atoms with Gasteiger partial charge < -0.3 is 14.8 Å². The van der Waals surface area contributed by atoms with Gasteiger partial charge in [-0.3, -0.25) is 4.68 Å². The topological polar surface area (TPSA) is 48.3 Å². The second-order valence-corrected chi connectivity index (χ2v) is 5.40. The van der Waals surface area contributed by atoms with Gasteiger partial charge in [0.1, 0.15) is 0 Å². The fourth-order valence-electron chi connectivity index (χ4n) is 2.14. The molecule has 1 aromatic carbocycles. The molecule has 1 heterocycles. The molecule has 6 heteroatoms. The summed E-state index contributed by atoms with van der Waals surface area (Å²) in [6.07, 6.45) is 0.908. The van der Waals surface area contributed by atoms with Gasteiger partial charge >= 0.3 is 0 Å². The molecule has 1 aromatic heterocycles. The third kappa shape index (κ3) is 3.32. The summed E-state index contributed by atoms with van der Waals surface area (Å²) in [5, 5.41) is 7.87. The minimum absolute atomic E-state index is 0.680. The minimum atomic E-state index is 0.680. The molecule has 5 nitrogen and oxygen atoms in total. The van der Waals surface area contributed by atoms with Crippen LogP contribution in [0.3, 0.4) is 0 Å². The number of nitrogens with one attached hydrogen (secondary N) is 1. The van der Waals surface area contributed by atoms with Crippen LogP contribution in [0, 0.1) is 0 Å². The molecular formula is C15H20BrN3O2. The lowest BCUT2D eigenvalue weighted by Gasteiger charge is -2.11. The van der Waals surface area contributed by atoms with Gasteiger partial charge in [0.2, 0.25) is 0 Å². The number of anilines is 1. The van der Waals surface area contributed by atoms with Crippen molar-refractivity contribution in [2.24, 2.45) is 7.05 Å². The molecule has 21 heavy (non-hydrogen) atoms. The summed E-state index contributed by atoms with van der Waals surface area (Å²) in [4.78, 5) is 0. The molecule has 0 radical (unpaired) electrons. The van der Waals surface area contributed by atoms with Crippen LogP contribution >= 0.6 is 15.9 Å². The van der Waals surface area contributed by atoms with Gasteiger partial charge in [0.05, 0.1) is 36.6 Å². The predicted molar refractivity (Wildman–Crippen MR) is 87.2 cm³/mol.